The van der Waals surface area contributed by atoms with Crippen molar-refractivity contribution < 1.29 is 19.1 Å². The molecule has 4 heterocycles. The standard InChI is InChI=1S/C24H31IN4O4/c1-23(2,3)33-22(31)29-13-24(4,5)10-14(29)12-32-17-11-26-8-6-15(17)20-19(25)18-16(28-20)7-9-27-21(18)30/h6,8,11,14,28H,7,9-10,12-13H2,1-5H3,(H,27,30)/t14-/m0/s1. The van der Waals surface area contributed by atoms with E-state index in [1.54, 1.807) is 17.3 Å². The van der Waals surface area contributed by atoms with E-state index in [9.17, 15) is 9.59 Å². The number of rotatable bonds is 4. The van der Waals surface area contributed by atoms with Crippen molar-refractivity contribution in [2.45, 2.75) is 59.1 Å². The molecule has 8 nitrogen and oxygen atoms in total. The Morgan fingerprint density at radius 3 is 2.82 bits per heavy atom. The minimum atomic E-state index is -0.554. The second-order valence-corrected chi connectivity index (χ2v) is 11.6. The second-order valence-electron chi connectivity index (χ2n) is 10.5. The average molecular weight is 566 g/mol. The maximum absolute atomic E-state index is 12.8. The normalized spacial score (nSPS) is 19.8. The zero-order valence-corrected chi connectivity index (χ0v) is 21.9. The van der Waals surface area contributed by atoms with E-state index in [1.165, 1.54) is 0 Å². The van der Waals surface area contributed by atoms with Crippen LogP contribution >= 0.6 is 22.6 Å². The van der Waals surface area contributed by atoms with Crippen molar-refractivity contribution in [1.29, 1.82) is 0 Å². The van der Waals surface area contributed by atoms with Gasteiger partial charge in [0, 0.05) is 37.0 Å². The Balaban J connectivity index is 1.56. The molecule has 1 saturated heterocycles. The number of ether oxygens (including phenoxy) is 2. The molecule has 0 radical (unpaired) electrons. The largest absolute Gasteiger partial charge is 0.489 e. The number of hydrogen-bond donors (Lipinski definition) is 2. The van der Waals surface area contributed by atoms with Crippen molar-refractivity contribution in [3.05, 3.63) is 33.3 Å². The fraction of sp³-hybridized carbons (Fsp3) is 0.542. The predicted molar refractivity (Wildman–Crippen MR) is 133 cm³/mol. The number of halogens is 1. The quantitative estimate of drug-likeness (QED) is 0.536. The number of nitrogens with zero attached hydrogens (tertiary/aromatic N) is 2. The van der Waals surface area contributed by atoms with Gasteiger partial charge in [0.25, 0.3) is 5.91 Å². The highest BCUT2D eigenvalue weighted by molar-refractivity contribution is 14.1. The topological polar surface area (TPSA) is 96.5 Å². The SMILES string of the molecule is CC1(C)C[C@@H](COc2cnccc2-c2[nH]c3c(c2I)C(=O)NCC3)N(C(=O)OC(C)(C)C)C1. The fourth-order valence-corrected chi connectivity index (χ4v) is 5.49. The summed E-state index contributed by atoms with van der Waals surface area (Å²) in [4.78, 5) is 34.7. The number of pyridine rings is 1. The van der Waals surface area contributed by atoms with Crippen molar-refractivity contribution in [2.24, 2.45) is 5.41 Å². The van der Waals surface area contributed by atoms with E-state index in [4.69, 9.17) is 9.47 Å². The van der Waals surface area contributed by atoms with Gasteiger partial charge < -0.3 is 24.7 Å². The van der Waals surface area contributed by atoms with E-state index in [2.05, 4.69) is 51.7 Å². The highest BCUT2D eigenvalue weighted by Crippen LogP contribution is 2.38. The Morgan fingerprint density at radius 1 is 1.36 bits per heavy atom. The number of H-pyrrole nitrogens is 1. The van der Waals surface area contributed by atoms with E-state index in [-0.39, 0.29) is 23.5 Å². The highest BCUT2D eigenvalue weighted by atomic mass is 127. The van der Waals surface area contributed by atoms with Crippen LogP contribution in [0.15, 0.2) is 18.5 Å². The van der Waals surface area contributed by atoms with Gasteiger partial charge in [0.15, 0.2) is 0 Å². The maximum Gasteiger partial charge on any atom is 0.410 e. The summed E-state index contributed by atoms with van der Waals surface area (Å²) in [5, 5.41) is 2.90. The monoisotopic (exact) mass is 566 g/mol. The Morgan fingerprint density at radius 2 is 2.12 bits per heavy atom. The molecule has 0 bridgehead atoms. The molecule has 2 amide bonds. The molecule has 2 aliphatic heterocycles. The van der Waals surface area contributed by atoms with Crippen LogP contribution in [0.3, 0.4) is 0 Å². The first-order valence-electron chi connectivity index (χ1n) is 11.2. The minimum Gasteiger partial charge on any atom is -0.489 e. The molecule has 2 aromatic rings. The molecule has 2 N–H and O–H groups in total. The van der Waals surface area contributed by atoms with E-state index in [0.29, 0.717) is 31.0 Å². The van der Waals surface area contributed by atoms with Crippen LogP contribution in [-0.2, 0) is 11.2 Å². The summed E-state index contributed by atoms with van der Waals surface area (Å²) in [6, 6.07) is 1.78. The van der Waals surface area contributed by atoms with Crippen LogP contribution in [0, 0.1) is 8.99 Å². The Hall–Kier alpha value is -2.30. The molecule has 0 aromatic carbocycles. The summed E-state index contributed by atoms with van der Waals surface area (Å²) in [5.74, 6) is 0.559. The van der Waals surface area contributed by atoms with Gasteiger partial charge in [-0.25, -0.2) is 4.79 Å². The maximum atomic E-state index is 12.8. The van der Waals surface area contributed by atoms with Crippen LogP contribution in [0.1, 0.15) is 57.1 Å². The number of aromatic amines is 1. The lowest BCUT2D eigenvalue weighted by Crippen LogP contribution is -2.42. The number of likely N-dealkylation sites (tertiary alicyclic amines) is 1. The summed E-state index contributed by atoms with van der Waals surface area (Å²) >= 11 is 2.21. The molecule has 33 heavy (non-hydrogen) atoms. The van der Waals surface area contributed by atoms with E-state index in [0.717, 1.165) is 33.4 Å². The lowest BCUT2D eigenvalue weighted by atomic mass is 9.91. The van der Waals surface area contributed by atoms with Gasteiger partial charge in [-0.1, -0.05) is 13.8 Å². The number of amides is 2. The molecule has 0 unspecified atom stereocenters. The first-order chi connectivity index (χ1) is 15.5. The molecule has 0 aliphatic carbocycles. The average Bonchev–Trinajstić information content (AvgIpc) is 3.22. The van der Waals surface area contributed by atoms with Gasteiger partial charge >= 0.3 is 6.09 Å². The summed E-state index contributed by atoms with van der Waals surface area (Å²) in [7, 11) is 0. The third-order valence-corrected chi connectivity index (χ3v) is 6.92. The Labute approximate surface area is 208 Å². The zero-order valence-electron chi connectivity index (χ0n) is 19.8. The smallest absolute Gasteiger partial charge is 0.410 e. The number of carbonyl (C=O) groups excluding carboxylic acids is 2. The van der Waals surface area contributed by atoms with Crippen LogP contribution in [-0.4, -0.2) is 58.2 Å². The van der Waals surface area contributed by atoms with E-state index in [1.807, 2.05) is 26.8 Å². The molecule has 1 atom stereocenters. The molecular weight excluding hydrogens is 535 g/mol. The first kappa shape index (κ1) is 23.8. The number of hydrogen-bond acceptors (Lipinski definition) is 5. The first-order valence-corrected chi connectivity index (χ1v) is 12.3. The van der Waals surface area contributed by atoms with Gasteiger partial charge in [0.1, 0.15) is 18.0 Å². The molecule has 0 saturated carbocycles. The van der Waals surface area contributed by atoms with Crippen LogP contribution in [0.4, 0.5) is 4.79 Å². The number of fused-ring (bicyclic) bond motifs is 1. The number of carbonyl (C=O) groups is 2. The molecule has 2 aliphatic rings. The highest BCUT2D eigenvalue weighted by Gasteiger charge is 2.42. The number of nitrogens with one attached hydrogen (secondary N) is 2. The third-order valence-electron chi connectivity index (χ3n) is 5.84. The molecule has 2 aromatic heterocycles. The lowest BCUT2D eigenvalue weighted by molar-refractivity contribution is 0.0177. The van der Waals surface area contributed by atoms with Crippen molar-refractivity contribution >= 4 is 34.6 Å². The lowest BCUT2D eigenvalue weighted by Gasteiger charge is -2.29. The van der Waals surface area contributed by atoms with Crippen molar-refractivity contribution in [3.63, 3.8) is 0 Å². The van der Waals surface area contributed by atoms with Gasteiger partial charge in [0.05, 0.1) is 27.1 Å². The van der Waals surface area contributed by atoms with Gasteiger partial charge in [-0.15, -0.1) is 0 Å². The van der Waals surface area contributed by atoms with Crippen LogP contribution in [0.2, 0.25) is 0 Å². The van der Waals surface area contributed by atoms with Gasteiger partial charge in [-0.05, 0) is 61.3 Å². The molecule has 1 fully saturated rings. The number of aromatic nitrogens is 2. The van der Waals surface area contributed by atoms with Crippen molar-refractivity contribution in [1.82, 2.24) is 20.2 Å². The Kier molecular flexibility index (Phi) is 6.36. The van der Waals surface area contributed by atoms with Crippen molar-refractivity contribution in [3.8, 4) is 17.0 Å². The third kappa shape index (κ3) is 5.12. The summed E-state index contributed by atoms with van der Waals surface area (Å²) in [6.07, 6.45) is 4.66. The van der Waals surface area contributed by atoms with Crippen LogP contribution in [0.5, 0.6) is 5.75 Å². The van der Waals surface area contributed by atoms with Gasteiger partial charge in [-0.2, -0.15) is 0 Å². The second kappa shape index (κ2) is 8.81. The summed E-state index contributed by atoms with van der Waals surface area (Å²) in [5.41, 5.74) is 2.76. The summed E-state index contributed by atoms with van der Waals surface area (Å²) < 4.78 is 12.8. The van der Waals surface area contributed by atoms with Crippen LogP contribution in [0.25, 0.3) is 11.3 Å². The van der Waals surface area contributed by atoms with Crippen LogP contribution < -0.4 is 10.1 Å². The Bertz CT molecular complexity index is 1070. The molecule has 9 heteroatoms. The van der Waals surface area contributed by atoms with Crippen molar-refractivity contribution in [2.75, 3.05) is 19.7 Å². The molecule has 4 rings (SSSR count). The van der Waals surface area contributed by atoms with E-state index < -0.39 is 5.60 Å². The molecule has 0 spiro atoms. The zero-order chi connectivity index (χ0) is 24.0. The minimum absolute atomic E-state index is 0.0239. The molecular formula is C24H31IN4O4. The fourth-order valence-electron chi connectivity index (χ4n) is 4.50. The summed E-state index contributed by atoms with van der Waals surface area (Å²) in [6.45, 7) is 11.5. The molecule has 178 valence electrons. The van der Waals surface area contributed by atoms with E-state index >= 15 is 0 Å². The van der Waals surface area contributed by atoms with Gasteiger partial charge in [-0.3, -0.25) is 9.78 Å². The predicted octanol–water partition coefficient (Wildman–Crippen LogP) is 4.38. The van der Waals surface area contributed by atoms with Gasteiger partial charge in [0.2, 0.25) is 0 Å².